The van der Waals surface area contributed by atoms with Crippen molar-refractivity contribution in [3.8, 4) is 0 Å². The lowest BCUT2D eigenvalue weighted by molar-refractivity contribution is -0.143. The number of likely N-dealkylation sites (tertiary alicyclic amines) is 1. The van der Waals surface area contributed by atoms with Gasteiger partial charge in [-0.05, 0) is 66.1 Å². The van der Waals surface area contributed by atoms with Crippen LogP contribution in [0.2, 0.25) is 0 Å². The molecule has 12 nitrogen and oxygen atoms in total. The van der Waals surface area contributed by atoms with E-state index in [1.807, 2.05) is 20.8 Å². The molecule has 4 aliphatic carbocycles. The molecule has 2 heterocycles. The molecule has 6 fully saturated rings. The Morgan fingerprint density at radius 1 is 0.863 bits per heavy atom. The molecule has 12 heteroatoms. The maximum Gasteiger partial charge on any atom is 0.315 e. The molecule has 2 saturated heterocycles. The van der Waals surface area contributed by atoms with Crippen molar-refractivity contribution in [1.82, 2.24) is 25.8 Å². The van der Waals surface area contributed by atoms with Gasteiger partial charge < -0.3 is 31.3 Å². The second-order valence-electron chi connectivity index (χ2n) is 19.8. The van der Waals surface area contributed by atoms with Gasteiger partial charge >= 0.3 is 6.03 Å². The lowest BCUT2D eigenvalue weighted by Crippen LogP contribution is -2.62. The van der Waals surface area contributed by atoms with Crippen LogP contribution in [0.5, 0.6) is 0 Å². The molecule has 0 bridgehead atoms. The SMILES string of the molecule is CC(C)(C)[C@H](NC(=O)N[C@H](CN1CCOC2(CC2)C1)C(C)(C)C)C(=O)N1C[C@]2(C[C@H]1C(=O)NC(CC1CCC1)C(=O)C(N)=O)C(C)(C)C21CCC1. The Morgan fingerprint density at radius 3 is 2.02 bits per heavy atom. The van der Waals surface area contributed by atoms with Crippen LogP contribution in [0.1, 0.15) is 120 Å². The smallest absolute Gasteiger partial charge is 0.315 e. The van der Waals surface area contributed by atoms with Gasteiger partial charge in [0, 0.05) is 37.6 Å². The third-order valence-corrected chi connectivity index (χ3v) is 14.4. The van der Waals surface area contributed by atoms with E-state index in [-0.39, 0.29) is 45.1 Å². The quantitative estimate of drug-likeness (QED) is 0.238. The van der Waals surface area contributed by atoms with Crippen molar-refractivity contribution in [2.75, 3.05) is 32.8 Å². The summed E-state index contributed by atoms with van der Waals surface area (Å²) in [4.78, 5) is 72.1. The van der Waals surface area contributed by atoms with Gasteiger partial charge in [0.25, 0.3) is 5.91 Å². The van der Waals surface area contributed by atoms with E-state index in [1.165, 1.54) is 0 Å². The van der Waals surface area contributed by atoms with Gasteiger partial charge in [-0.15, -0.1) is 0 Å². The van der Waals surface area contributed by atoms with Crippen molar-refractivity contribution in [3.05, 3.63) is 0 Å². The number of ketones is 1. The largest absolute Gasteiger partial charge is 0.372 e. The van der Waals surface area contributed by atoms with Gasteiger partial charge in [-0.1, -0.05) is 81.1 Å². The minimum Gasteiger partial charge on any atom is -0.372 e. The number of fused-ring (bicyclic) bond motifs is 1. The van der Waals surface area contributed by atoms with Crippen LogP contribution in [0, 0.1) is 33.0 Å². The number of urea groups is 1. The van der Waals surface area contributed by atoms with E-state index in [9.17, 15) is 24.0 Å². The number of Topliss-reactive ketones (excluding diaryl/α,β-unsaturated/α-hetero) is 1. The Balaban J connectivity index is 1.22. The van der Waals surface area contributed by atoms with Gasteiger partial charge in [-0.25, -0.2) is 4.79 Å². The Bertz CT molecular complexity index is 1420. The fraction of sp³-hybridized carbons (Fsp3) is 0.872. The summed E-state index contributed by atoms with van der Waals surface area (Å²) in [7, 11) is 0. The lowest BCUT2D eigenvalue weighted by Gasteiger charge is -2.40. The molecule has 51 heavy (non-hydrogen) atoms. The van der Waals surface area contributed by atoms with Crippen LogP contribution in [-0.2, 0) is 23.9 Å². The van der Waals surface area contributed by atoms with E-state index in [0.29, 0.717) is 32.5 Å². The molecule has 0 radical (unpaired) electrons. The summed E-state index contributed by atoms with van der Waals surface area (Å²) >= 11 is 0. The molecule has 1 unspecified atom stereocenters. The fourth-order valence-corrected chi connectivity index (χ4v) is 10.3. The first-order chi connectivity index (χ1) is 23.7. The van der Waals surface area contributed by atoms with Crippen LogP contribution in [0.25, 0.3) is 0 Å². The van der Waals surface area contributed by atoms with E-state index in [1.54, 1.807) is 4.90 Å². The molecular weight excluding hydrogens is 648 g/mol. The predicted molar refractivity (Wildman–Crippen MR) is 193 cm³/mol. The minimum atomic E-state index is -1.07. The maximum atomic E-state index is 14.9. The number of primary amides is 1. The van der Waals surface area contributed by atoms with Crippen molar-refractivity contribution in [2.24, 2.45) is 38.7 Å². The number of carbonyl (C=O) groups excluding carboxylic acids is 5. The number of hydrogen-bond donors (Lipinski definition) is 4. The van der Waals surface area contributed by atoms with E-state index in [4.69, 9.17) is 10.5 Å². The summed E-state index contributed by atoms with van der Waals surface area (Å²) in [5.41, 5.74) is 4.23. The average molecular weight is 713 g/mol. The third-order valence-electron chi connectivity index (χ3n) is 14.4. The van der Waals surface area contributed by atoms with E-state index in [0.717, 1.165) is 64.5 Å². The Hall–Kier alpha value is -2.73. The van der Waals surface area contributed by atoms with Gasteiger partial charge in [0.2, 0.25) is 17.6 Å². The number of nitrogens with zero attached hydrogens (tertiary/aromatic N) is 2. The van der Waals surface area contributed by atoms with Gasteiger partial charge in [-0.3, -0.25) is 24.1 Å². The van der Waals surface area contributed by atoms with Crippen LogP contribution in [0.3, 0.4) is 0 Å². The second kappa shape index (κ2) is 13.0. The second-order valence-corrected chi connectivity index (χ2v) is 19.8. The highest BCUT2D eigenvalue weighted by atomic mass is 16.5. The molecule has 6 aliphatic rings. The number of morpholine rings is 1. The molecule has 0 aromatic carbocycles. The number of rotatable bonds is 11. The molecule has 0 aromatic rings. The number of nitrogens with two attached hydrogens (primary N) is 1. The van der Waals surface area contributed by atoms with Crippen molar-refractivity contribution >= 4 is 29.5 Å². The fourth-order valence-electron chi connectivity index (χ4n) is 10.3. The Kier molecular flexibility index (Phi) is 9.68. The molecule has 6 rings (SSSR count). The van der Waals surface area contributed by atoms with Crippen LogP contribution in [0.15, 0.2) is 0 Å². The molecule has 5 N–H and O–H groups in total. The summed E-state index contributed by atoms with van der Waals surface area (Å²) < 4.78 is 6.02. The molecular formula is C39H64N6O6. The van der Waals surface area contributed by atoms with E-state index in [2.05, 4.69) is 55.5 Å². The first-order valence-electron chi connectivity index (χ1n) is 19.5. The van der Waals surface area contributed by atoms with Crippen molar-refractivity contribution in [1.29, 1.82) is 0 Å². The monoisotopic (exact) mass is 712 g/mol. The summed E-state index contributed by atoms with van der Waals surface area (Å²) in [6, 6.07) is -3.37. The van der Waals surface area contributed by atoms with E-state index < -0.39 is 47.2 Å². The first-order valence-corrected chi connectivity index (χ1v) is 19.5. The number of hydrogen-bond acceptors (Lipinski definition) is 7. The lowest BCUT2D eigenvalue weighted by atomic mass is 9.73. The zero-order chi connectivity index (χ0) is 37.4. The molecule has 4 saturated carbocycles. The van der Waals surface area contributed by atoms with Gasteiger partial charge in [0.1, 0.15) is 12.1 Å². The summed E-state index contributed by atoms with van der Waals surface area (Å²) in [6.07, 6.45) is 9.17. The maximum absolute atomic E-state index is 14.9. The third kappa shape index (κ3) is 6.81. The van der Waals surface area contributed by atoms with Crippen LogP contribution in [-0.4, -0.2) is 102 Å². The Morgan fingerprint density at radius 2 is 1.53 bits per heavy atom. The number of carbonyl (C=O) groups is 5. The van der Waals surface area contributed by atoms with Gasteiger partial charge in [-0.2, -0.15) is 0 Å². The van der Waals surface area contributed by atoms with Gasteiger partial charge in [0.05, 0.1) is 18.2 Å². The summed E-state index contributed by atoms with van der Waals surface area (Å²) in [5, 5.41) is 9.18. The zero-order valence-electron chi connectivity index (χ0n) is 32.4. The highest BCUT2D eigenvalue weighted by Gasteiger charge is 2.85. The summed E-state index contributed by atoms with van der Waals surface area (Å²) in [5.74, 6) is -2.36. The molecule has 5 atom stereocenters. The van der Waals surface area contributed by atoms with Crippen LogP contribution < -0.4 is 21.7 Å². The zero-order valence-corrected chi connectivity index (χ0v) is 32.4. The van der Waals surface area contributed by atoms with Crippen molar-refractivity contribution in [2.45, 2.75) is 149 Å². The average Bonchev–Trinajstić information content (AvgIpc) is 3.73. The molecule has 3 spiro atoms. The molecule has 286 valence electrons. The standard InChI is InChI=1S/C39H64N6O6/c1-34(2,3)27(21-44-17-18-51-37(22-44)15-16-37)42-33(50)43-29(35(4,5)6)32(49)45-23-39(36(7,8)38(39)13-10-14-38)20-26(45)31(48)41-25(28(46)30(40)47)19-24-11-9-12-24/h24-27,29H,9-23H2,1-8H3,(H2,40,47)(H,41,48)(H2,42,43,50)/t25?,26-,27+,29+,39+/m0/s1. The number of amides is 5. The van der Waals surface area contributed by atoms with Gasteiger partial charge in [0.15, 0.2) is 0 Å². The highest BCUT2D eigenvalue weighted by Crippen LogP contribution is 2.88. The predicted octanol–water partition coefficient (Wildman–Crippen LogP) is 3.51. The van der Waals surface area contributed by atoms with Crippen molar-refractivity contribution < 1.29 is 28.7 Å². The minimum absolute atomic E-state index is 0.0266. The topological polar surface area (TPSA) is 163 Å². The van der Waals surface area contributed by atoms with Crippen LogP contribution in [0.4, 0.5) is 4.79 Å². The molecule has 2 aliphatic heterocycles. The normalized spacial score (nSPS) is 29.4. The number of ether oxygens (including phenoxy) is 1. The molecule has 0 aromatic heterocycles. The highest BCUT2D eigenvalue weighted by molar-refractivity contribution is 6.37. The Labute approximate surface area is 304 Å². The summed E-state index contributed by atoms with van der Waals surface area (Å²) in [6.45, 7) is 20.1. The first kappa shape index (κ1) is 38.0. The molecule has 5 amide bonds. The van der Waals surface area contributed by atoms with E-state index >= 15 is 0 Å². The van der Waals surface area contributed by atoms with Crippen LogP contribution >= 0.6 is 0 Å². The number of nitrogens with one attached hydrogen (secondary N) is 3. The van der Waals surface area contributed by atoms with Crippen molar-refractivity contribution in [3.63, 3.8) is 0 Å².